The van der Waals surface area contributed by atoms with Crippen molar-refractivity contribution in [1.29, 1.82) is 0 Å². The van der Waals surface area contributed by atoms with E-state index >= 15 is 0 Å². The molecule has 1 aliphatic rings. The molecule has 1 fully saturated rings. The number of carbonyl (C=O) groups excluding carboxylic acids is 2. The lowest BCUT2D eigenvalue weighted by Crippen LogP contribution is -2.41. The van der Waals surface area contributed by atoms with Gasteiger partial charge in [0.05, 0.1) is 17.3 Å². The number of amides is 2. The third kappa shape index (κ3) is 6.45. The average molecular weight is 450 g/mol. The first-order valence-corrected chi connectivity index (χ1v) is 10.2. The number of nitrogens with one attached hydrogen (secondary N) is 2. The number of ether oxygens (including phenoxy) is 2. The van der Waals surface area contributed by atoms with Gasteiger partial charge in [-0.25, -0.2) is 5.43 Å². The van der Waals surface area contributed by atoms with Gasteiger partial charge in [0.15, 0.2) is 0 Å². The molecular weight excluding hydrogens is 429 g/mol. The van der Waals surface area contributed by atoms with Crippen molar-refractivity contribution in [1.82, 2.24) is 10.7 Å². The number of hydrogen-bond acceptors (Lipinski definition) is 5. The van der Waals surface area contributed by atoms with E-state index in [9.17, 15) is 9.59 Å². The molecule has 1 saturated heterocycles. The fraction of sp³-hybridized carbons (Fsp3) is 0.286. The number of benzene rings is 2. The Morgan fingerprint density at radius 2 is 2.00 bits per heavy atom. The number of hydrazone groups is 1. The monoisotopic (exact) mass is 449 g/mol. The van der Waals surface area contributed by atoms with Crippen molar-refractivity contribution in [3.05, 3.63) is 63.6 Å². The molecule has 2 N–H and O–H groups in total. The number of halogens is 2. The first-order chi connectivity index (χ1) is 14.5. The summed E-state index contributed by atoms with van der Waals surface area (Å²) in [6.07, 6.45) is 3.18. The molecule has 158 valence electrons. The molecule has 2 aromatic rings. The second-order valence-corrected chi connectivity index (χ2v) is 7.43. The third-order valence-electron chi connectivity index (χ3n) is 4.40. The molecule has 9 heteroatoms. The number of nitrogens with zero attached hydrogens (tertiary/aromatic N) is 1. The second kappa shape index (κ2) is 11.0. The molecule has 0 spiro atoms. The van der Waals surface area contributed by atoms with Crippen molar-refractivity contribution >= 4 is 41.2 Å². The third-order valence-corrected chi connectivity index (χ3v) is 5.06. The molecule has 0 aromatic heterocycles. The van der Waals surface area contributed by atoms with Gasteiger partial charge >= 0.3 is 11.8 Å². The molecule has 2 aromatic carbocycles. The van der Waals surface area contributed by atoms with Crippen molar-refractivity contribution in [3.63, 3.8) is 0 Å². The van der Waals surface area contributed by atoms with Crippen LogP contribution in [0.3, 0.4) is 0 Å². The van der Waals surface area contributed by atoms with Crippen LogP contribution in [0.15, 0.2) is 47.6 Å². The van der Waals surface area contributed by atoms with Crippen LogP contribution < -0.4 is 15.5 Å². The van der Waals surface area contributed by atoms with E-state index in [-0.39, 0.29) is 12.7 Å². The first kappa shape index (κ1) is 22.1. The van der Waals surface area contributed by atoms with E-state index in [1.165, 1.54) is 6.21 Å². The van der Waals surface area contributed by atoms with Crippen LogP contribution in [0.1, 0.15) is 24.0 Å². The van der Waals surface area contributed by atoms with Gasteiger partial charge < -0.3 is 14.8 Å². The van der Waals surface area contributed by atoms with Crippen LogP contribution in [-0.2, 0) is 20.9 Å². The zero-order valence-corrected chi connectivity index (χ0v) is 17.6. The highest BCUT2D eigenvalue weighted by molar-refractivity contribution is 6.35. The van der Waals surface area contributed by atoms with E-state index in [1.807, 2.05) is 18.2 Å². The van der Waals surface area contributed by atoms with Crippen molar-refractivity contribution in [3.8, 4) is 5.75 Å². The second-order valence-electron chi connectivity index (χ2n) is 6.61. The van der Waals surface area contributed by atoms with Crippen molar-refractivity contribution in [2.75, 3.05) is 13.2 Å². The average Bonchev–Trinajstić information content (AvgIpc) is 3.26. The van der Waals surface area contributed by atoms with Crippen LogP contribution in [0.25, 0.3) is 0 Å². The molecule has 0 saturated carbocycles. The molecule has 30 heavy (non-hydrogen) atoms. The van der Waals surface area contributed by atoms with Crippen molar-refractivity contribution in [2.45, 2.75) is 25.6 Å². The van der Waals surface area contributed by atoms with E-state index in [2.05, 4.69) is 15.8 Å². The molecule has 7 nitrogen and oxygen atoms in total. The zero-order chi connectivity index (χ0) is 21.3. The van der Waals surface area contributed by atoms with Crippen LogP contribution in [0.2, 0.25) is 10.0 Å². The van der Waals surface area contributed by atoms with Gasteiger partial charge in [0.1, 0.15) is 12.4 Å². The molecule has 1 atom stereocenters. The molecule has 0 radical (unpaired) electrons. The molecule has 1 aliphatic heterocycles. The lowest BCUT2D eigenvalue weighted by molar-refractivity contribution is -0.139. The van der Waals surface area contributed by atoms with Crippen LogP contribution >= 0.6 is 23.2 Å². The molecule has 0 bridgehead atoms. The van der Waals surface area contributed by atoms with E-state index in [1.54, 1.807) is 24.3 Å². The predicted molar refractivity (Wildman–Crippen MR) is 115 cm³/mol. The molecule has 1 heterocycles. The minimum absolute atomic E-state index is 0.0361. The lowest BCUT2D eigenvalue weighted by atomic mass is 10.2. The normalized spacial score (nSPS) is 15.9. The Morgan fingerprint density at radius 1 is 1.17 bits per heavy atom. The summed E-state index contributed by atoms with van der Waals surface area (Å²) in [6.45, 7) is 1.27. The maximum Gasteiger partial charge on any atom is 0.329 e. The Morgan fingerprint density at radius 3 is 2.73 bits per heavy atom. The van der Waals surface area contributed by atoms with Gasteiger partial charge in [0.2, 0.25) is 0 Å². The van der Waals surface area contributed by atoms with Gasteiger partial charge in [-0.15, -0.1) is 0 Å². The molecular formula is C21H21Cl2N3O4. The predicted octanol–water partition coefficient (Wildman–Crippen LogP) is 3.32. The number of rotatable bonds is 7. The fourth-order valence-corrected chi connectivity index (χ4v) is 3.23. The lowest BCUT2D eigenvalue weighted by Gasteiger charge is -2.10. The Labute approximate surface area is 184 Å². The van der Waals surface area contributed by atoms with Gasteiger partial charge in [0.25, 0.3) is 0 Å². The summed E-state index contributed by atoms with van der Waals surface area (Å²) in [5.74, 6) is -1.12. The van der Waals surface area contributed by atoms with E-state index in [4.69, 9.17) is 32.7 Å². The Balaban J connectivity index is 1.47. The fourth-order valence-electron chi connectivity index (χ4n) is 2.79. The SMILES string of the molecule is O=C(NC[C@@H]1CCCO1)C(=O)N/N=C\c1ccc(OCc2ccccc2Cl)c(Cl)c1. The molecule has 0 aliphatic carbocycles. The standard InChI is InChI=1S/C21H21Cl2N3O4/c22-17-6-2-1-4-15(17)13-30-19-8-7-14(10-18(19)23)11-25-26-21(28)20(27)24-12-16-5-3-9-29-16/h1-2,4,6-8,10-11,16H,3,5,9,12-13H2,(H,24,27)(H,26,28)/b25-11-/t16-/m0/s1. The summed E-state index contributed by atoms with van der Waals surface area (Å²) in [4.78, 5) is 23.5. The smallest absolute Gasteiger partial charge is 0.329 e. The highest BCUT2D eigenvalue weighted by Crippen LogP contribution is 2.26. The van der Waals surface area contributed by atoms with E-state index in [0.717, 1.165) is 18.4 Å². The Hall–Kier alpha value is -2.61. The van der Waals surface area contributed by atoms with Crippen LogP contribution in [0.4, 0.5) is 0 Å². The van der Waals surface area contributed by atoms with Gasteiger partial charge in [0, 0.05) is 23.7 Å². The summed E-state index contributed by atoms with van der Waals surface area (Å²) in [6, 6.07) is 12.4. The summed E-state index contributed by atoms with van der Waals surface area (Å²) >= 11 is 12.4. The molecule has 0 unspecified atom stereocenters. The first-order valence-electron chi connectivity index (χ1n) is 9.41. The van der Waals surface area contributed by atoms with E-state index < -0.39 is 11.8 Å². The largest absolute Gasteiger partial charge is 0.487 e. The zero-order valence-electron chi connectivity index (χ0n) is 16.1. The Kier molecular flexibility index (Phi) is 8.07. The maximum atomic E-state index is 11.8. The van der Waals surface area contributed by atoms with Gasteiger partial charge in [-0.05, 0) is 42.7 Å². The molecule has 2 amide bonds. The Bertz CT molecular complexity index is 930. The van der Waals surface area contributed by atoms with Crippen molar-refractivity contribution in [2.24, 2.45) is 5.10 Å². The summed E-state index contributed by atoms with van der Waals surface area (Å²) in [5, 5.41) is 7.31. The number of carbonyl (C=O) groups is 2. The van der Waals surface area contributed by atoms with Crippen LogP contribution in [-0.4, -0.2) is 37.3 Å². The van der Waals surface area contributed by atoms with Gasteiger partial charge in [-0.2, -0.15) is 5.10 Å². The minimum Gasteiger partial charge on any atom is -0.487 e. The highest BCUT2D eigenvalue weighted by Gasteiger charge is 2.18. The summed E-state index contributed by atoms with van der Waals surface area (Å²) in [7, 11) is 0. The van der Waals surface area contributed by atoms with Crippen molar-refractivity contribution < 1.29 is 19.1 Å². The van der Waals surface area contributed by atoms with Crippen LogP contribution in [0.5, 0.6) is 5.75 Å². The van der Waals surface area contributed by atoms with E-state index in [0.29, 0.717) is 34.5 Å². The summed E-state index contributed by atoms with van der Waals surface area (Å²) in [5.41, 5.74) is 3.66. The van der Waals surface area contributed by atoms with Gasteiger partial charge in [-0.3, -0.25) is 9.59 Å². The topological polar surface area (TPSA) is 89.0 Å². The molecule has 3 rings (SSSR count). The number of hydrogen-bond donors (Lipinski definition) is 2. The summed E-state index contributed by atoms with van der Waals surface area (Å²) < 4.78 is 11.1. The maximum absolute atomic E-state index is 11.8. The quantitative estimate of drug-likeness (QED) is 0.385. The van der Waals surface area contributed by atoms with Gasteiger partial charge in [-0.1, -0.05) is 41.4 Å². The minimum atomic E-state index is -0.852. The van der Waals surface area contributed by atoms with Crippen LogP contribution in [0, 0.1) is 0 Å². The highest BCUT2D eigenvalue weighted by atomic mass is 35.5.